The van der Waals surface area contributed by atoms with Gasteiger partial charge in [0.2, 0.25) is 0 Å². The smallest absolute Gasteiger partial charge is 0.165 e. The lowest BCUT2D eigenvalue weighted by Crippen LogP contribution is -2.11. The first-order valence-corrected chi connectivity index (χ1v) is 7.52. The van der Waals surface area contributed by atoms with Crippen molar-refractivity contribution in [2.45, 2.75) is 13.0 Å². The van der Waals surface area contributed by atoms with E-state index in [1.807, 2.05) is 59.8 Å². The quantitative estimate of drug-likeness (QED) is 0.551. The molecule has 0 aliphatic heterocycles. The molecule has 0 N–H and O–H groups in total. The van der Waals surface area contributed by atoms with Gasteiger partial charge in [-0.15, -0.1) is 0 Å². The Morgan fingerprint density at radius 2 is 1.74 bits per heavy atom. The lowest BCUT2D eigenvalue weighted by atomic mass is 10.1. The summed E-state index contributed by atoms with van der Waals surface area (Å²) >= 11 is 14.1. The second-order valence-electron chi connectivity index (χ2n) is 3.72. The molecule has 1 aromatic carbocycles. The molecule has 1 aromatic heterocycles. The Hall–Kier alpha value is -0.430. The Labute approximate surface area is 135 Å². The summed E-state index contributed by atoms with van der Waals surface area (Å²) in [7, 11) is 0. The van der Waals surface area contributed by atoms with E-state index in [1.54, 1.807) is 0 Å². The van der Waals surface area contributed by atoms with E-state index in [9.17, 15) is 0 Å². The largest absolute Gasteiger partial charge is 0.366 e. The number of benzene rings is 1. The molecular formula is C13H11Cl2IN2O. The lowest BCUT2D eigenvalue weighted by molar-refractivity contribution is 0.0851. The Kier molecular flexibility index (Phi) is 5.38. The summed E-state index contributed by atoms with van der Waals surface area (Å²) in [6.07, 6.45) is -0.363. The number of halogens is 3. The van der Waals surface area contributed by atoms with E-state index in [2.05, 4.69) is 9.97 Å². The highest BCUT2D eigenvalue weighted by Gasteiger charge is 2.20. The summed E-state index contributed by atoms with van der Waals surface area (Å²) < 4.78 is 6.37. The fraction of sp³-hybridized carbons (Fsp3) is 0.231. The number of rotatable bonds is 4. The molecule has 0 saturated heterocycles. The maximum absolute atomic E-state index is 6.05. The van der Waals surface area contributed by atoms with Crippen molar-refractivity contribution < 1.29 is 4.74 Å². The third-order valence-corrected chi connectivity index (χ3v) is 4.66. The molecule has 0 bridgehead atoms. The minimum atomic E-state index is -0.363. The van der Waals surface area contributed by atoms with Gasteiger partial charge in [0.05, 0.1) is 3.57 Å². The first kappa shape index (κ1) is 15.0. The zero-order chi connectivity index (χ0) is 13.8. The first-order valence-electron chi connectivity index (χ1n) is 5.68. The van der Waals surface area contributed by atoms with Crippen molar-refractivity contribution in [3.8, 4) is 0 Å². The molecule has 1 unspecified atom stereocenters. The summed E-state index contributed by atoms with van der Waals surface area (Å²) in [4.78, 5) is 8.53. The van der Waals surface area contributed by atoms with Gasteiger partial charge in [-0.3, -0.25) is 0 Å². The monoisotopic (exact) mass is 408 g/mol. The minimum Gasteiger partial charge on any atom is -0.366 e. The van der Waals surface area contributed by atoms with Crippen LogP contribution in [0.5, 0.6) is 0 Å². The van der Waals surface area contributed by atoms with Crippen LogP contribution in [-0.2, 0) is 4.74 Å². The van der Waals surface area contributed by atoms with Crippen LogP contribution in [0.2, 0.25) is 10.3 Å². The van der Waals surface area contributed by atoms with Gasteiger partial charge in [-0.25, -0.2) is 9.97 Å². The number of hydrogen-bond donors (Lipinski definition) is 0. The van der Waals surface area contributed by atoms with Crippen LogP contribution in [0, 0.1) is 3.57 Å². The fourth-order valence-corrected chi connectivity index (χ4v) is 2.28. The van der Waals surface area contributed by atoms with Gasteiger partial charge in [0, 0.05) is 6.61 Å². The third-order valence-electron chi connectivity index (χ3n) is 2.46. The van der Waals surface area contributed by atoms with E-state index in [0.29, 0.717) is 26.3 Å². The van der Waals surface area contributed by atoms with Crippen LogP contribution in [0.4, 0.5) is 0 Å². The third kappa shape index (κ3) is 3.56. The molecule has 100 valence electrons. The highest BCUT2D eigenvalue weighted by Crippen LogP contribution is 2.29. The van der Waals surface area contributed by atoms with E-state index in [1.165, 1.54) is 0 Å². The molecule has 1 atom stereocenters. The van der Waals surface area contributed by atoms with Gasteiger partial charge in [0.15, 0.2) is 5.82 Å². The van der Waals surface area contributed by atoms with Gasteiger partial charge < -0.3 is 4.74 Å². The van der Waals surface area contributed by atoms with Crippen LogP contribution in [-0.4, -0.2) is 16.6 Å². The van der Waals surface area contributed by atoms with Crippen molar-refractivity contribution in [1.82, 2.24) is 9.97 Å². The average Bonchev–Trinajstić information content (AvgIpc) is 2.42. The molecule has 0 spiro atoms. The Morgan fingerprint density at radius 3 is 2.26 bits per heavy atom. The summed E-state index contributed by atoms with van der Waals surface area (Å²) in [6, 6.07) is 9.75. The fourth-order valence-electron chi connectivity index (χ4n) is 1.64. The predicted octanol–water partition coefficient (Wildman–Crippen LogP) is 4.51. The summed E-state index contributed by atoms with van der Waals surface area (Å²) in [5.74, 6) is 0.475. The molecule has 0 aliphatic carbocycles. The zero-order valence-electron chi connectivity index (χ0n) is 10.1. The van der Waals surface area contributed by atoms with E-state index in [-0.39, 0.29) is 6.10 Å². The van der Waals surface area contributed by atoms with Crippen molar-refractivity contribution in [1.29, 1.82) is 0 Å². The molecule has 0 saturated carbocycles. The van der Waals surface area contributed by atoms with Crippen LogP contribution in [0.15, 0.2) is 30.3 Å². The van der Waals surface area contributed by atoms with E-state index >= 15 is 0 Å². The van der Waals surface area contributed by atoms with Crippen LogP contribution < -0.4 is 0 Å². The first-order chi connectivity index (χ1) is 9.13. The standard InChI is InChI=1S/C13H11Cl2IN2O/c1-2-19-10(8-6-4-3-5-7-8)13-17-11(14)9(16)12(15)18-13/h3-7,10H,2H2,1H3. The van der Waals surface area contributed by atoms with Crippen molar-refractivity contribution in [2.75, 3.05) is 6.61 Å². The molecule has 0 aliphatic rings. The molecular weight excluding hydrogens is 398 g/mol. The Morgan fingerprint density at radius 1 is 1.16 bits per heavy atom. The second kappa shape index (κ2) is 6.83. The molecule has 1 heterocycles. The number of nitrogens with zero attached hydrogens (tertiary/aromatic N) is 2. The topological polar surface area (TPSA) is 35.0 Å². The molecule has 6 heteroatoms. The van der Waals surface area contributed by atoms with Gasteiger partial charge in [0.25, 0.3) is 0 Å². The SMILES string of the molecule is CCOC(c1ccccc1)c1nc(Cl)c(I)c(Cl)n1. The van der Waals surface area contributed by atoms with E-state index < -0.39 is 0 Å². The average molecular weight is 409 g/mol. The highest BCUT2D eigenvalue weighted by atomic mass is 127. The molecule has 0 amide bonds. The molecule has 2 rings (SSSR count). The van der Waals surface area contributed by atoms with Gasteiger partial charge in [-0.2, -0.15) is 0 Å². The number of hydrogen-bond acceptors (Lipinski definition) is 3. The van der Waals surface area contributed by atoms with Gasteiger partial charge in [0.1, 0.15) is 16.4 Å². The van der Waals surface area contributed by atoms with Crippen molar-refractivity contribution >= 4 is 45.8 Å². The second-order valence-corrected chi connectivity index (χ2v) is 5.52. The molecule has 2 aromatic rings. The lowest BCUT2D eigenvalue weighted by Gasteiger charge is -2.16. The normalized spacial score (nSPS) is 12.4. The summed E-state index contributed by atoms with van der Waals surface area (Å²) in [6.45, 7) is 2.47. The number of aromatic nitrogens is 2. The van der Waals surface area contributed by atoms with Crippen molar-refractivity contribution in [3.63, 3.8) is 0 Å². The summed E-state index contributed by atoms with van der Waals surface area (Å²) in [5, 5.41) is 0.687. The van der Waals surface area contributed by atoms with Crippen LogP contribution in [0.3, 0.4) is 0 Å². The molecule has 3 nitrogen and oxygen atoms in total. The van der Waals surface area contributed by atoms with Crippen molar-refractivity contribution in [3.05, 3.63) is 55.6 Å². The van der Waals surface area contributed by atoms with Crippen LogP contribution >= 0.6 is 45.8 Å². The van der Waals surface area contributed by atoms with Gasteiger partial charge >= 0.3 is 0 Å². The maximum atomic E-state index is 6.05. The van der Waals surface area contributed by atoms with Crippen LogP contribution in [0.1, 0.15) is 24.4 Å². The number of ether oxygens (including phenoxy) is 1. The van der Waals surface area contributed by atoms with Crippen molar-refractivity contribution in [2.24, 2.45) is 0 Å². The van der Waals surface area contributed by atoms with Gasteiger partial charge in [-0.1, -0.05) is 53.5 Å². The van der Waals surface area contributed by atoms with Crippen LogP contribution in [0.25, 0.3) is 0 Å². The predicted molar refractivity (Wildman–Crippen MR) is 84.7 cm³/mol. The molecule has 0 radical (unpaired) electrons. The van der Waals surface area contributed by atoms with E-state index in [0.717, 1.165) is 5.56 Å². The highest BCUT2D eigenvalue weighted by molar-refractivity contribution is 14.1. The molecule has 19 heavy (non-hydrogen) atoms. The Bertz CT molecular complexity index is 543. The van der Waals surface area contributed by atoms with Gasteiger partial charge in [-0.05, 0) is 35.1 Å². The Balaban J connectivity index is 2.45. The maximum Gasteiger partial charge on any atom is 0.165 e. The molecule has 0 fully saturated rings. The van der Waals surface area contributed by atoms with E-state index in [4.69, 9.17) is 27.9 Å². The zero-order valence-corrected chi connectivity index (χ0v) is 13.8. The summed E-state index contributed by atoms with van der Waals surface area (Å²) in [5.41, 5.74) is 0.970. The minimum absolute atomic E-state index is 0.344.